The quantitative estimate of drug-likeness (QED) is 0.590. The first-order valence-electron chi connectivity index (χ1n) is 8.09. The highest BCUT2D eigenvalue weighted by Gasteiger charge is 2.32. The van der Waals surface area contributed by atoms with Crippen molar-refractivity contribution < 1.29 is 4.74 Å². The van der Waals surface area contributed by atoms with E-state index in [0.717, 1.165) is 38.6 Å². The molecule has 2 aliphatic carbocycles. The van der Waals surface area contributed by atoms with E-state index < -0.39 is 0 Å². The van der Waals surface area contributed by atoms with Crippen LogP contribution in [0.1, 0.15) is 51.9 Å². The van der Waals surface area contributed by atoms with Crippen molar-refractivity contribution in [3.8, 4) is 6.07 Å². The Kier molecular flexibility index (Phi) is 5.83. The predicted molar refractivity (Wildman–Crippen MR) is 80.5 cm³/mol. The average molecular weight is 279 g/mol. The van der Waals surface area contributed by atoms with Crippen molar-refractivity contribution in [3.63, 3.8) is 0 Å². The Bertz CT molecular complexity index is 333. The Morgan fingerprint density at radius 1 is 1.25 bits per heavy atom. The highest BCUT2D eigenvalue weighted by atomic mass is 16.5. The molecule has 0 aromatic heterocycles. The van der Waals surface area contributed by atoms with Crippen LogP contribution in [0.2, 0.25) is 0 Å². The molecule has 0 aromatic rings. The third-order valence-electron chi connectivity index (χ3n) is 4.36. The van der Waals surface area contributed by atoms with E-state index in [1.165, 1.54) is 32.1 Å². The zero-order valence-electron chi connectivity index (χ0n) is 13.0. The molecule has 0 aromatic carbocycles. The van der Waals surface area contributed by atoms with E-state index in [0.29, 0.717) is 6.04 Å². The van der Waals surface area contributed by atoms with Gasteiger partial charge < -0.3 is 4.74 Å². The van der Waals surface area contributed by atoms with Crippen LogP contribution in [0, 0.1) is 11.3 Å². The van der Waals surface area contributed by atoms with Crippen LogP contribution in [0.5, 0.6) is 0 Å². The van der Waals surface area contributed by atoms with Gasteiger partial charge in [0.05, 0.1) is 12.7 Å². The van der Waals surface area contributed by atoms with Gasteiger partial charge in [-0.3, -0.25) is 10.2 Å². The summed E-state index contributed by atoms with van der Waals surface area (Å²) in [6.07, 6.45) is 8.45. The van der Waals surface area contributed by atoms with E-state index in [9.17, 15) is 5.26 Å². The summed E-state index contributed by atoms with van der Waals surface area (Å²) in [5.41, 5.74) is -0.321. The topological polar surface area (TPSA) is 48.3 Å². The summed E-state index contributed by atoms with van der Waals surface area (Å²) in [6.45, 7) is 5.08. The van der Waals surface area contributed by atoms with E-state index >= 15 is 0 Å². The molecule has 2 rings (SSSR count). The second-order valence-corrected chi connectivity index (χ2v) is 6.58. The first-order chi connectivity index (χ1) is 9.67. The smallest absolute Gasteiger partial charge is 0.104 e. The van der Waals surface area contributed by atoms with Crippen molar-refractivity contribution in [2.75, 3.05) is 26.8 Å². The second-order valence-electron chi connectivity index (χ2n) is 6.58. The number of hydrogen-bond donors (Lipinski definition) is 1. The number of unbranched alkanes of at least 4 members (excludes halogenated alkanes) is 1. The number of rotatable bonds is 11. The van der Waals surface area contributed by atoms with Gasteiger partial charge in [-0.15, -0.1) is 0 Å². The minimum absolute atomic E-state index is 0.321. The average Bonchev–Trinajstić information content (AvgIpc) is 3.31. The first kappa shape index (κ1) is 15.8. The molecule has 0 spiro atoms. The molecule has 0 bridgehead atoms. The van der Waals surface area contributed by atoms with Gasteiger partial charge in [0, 0.05) is 25.7 Å². The SMILES string of the molecule is COCCN(CCCCC(C)(C#N)NC1CC1)C1CC1. The minimum atomic E-state index is -0.321. The summed E-state index contributed by atoms with van der Waals surface area (Å²) in [5.74, 6) is 0. The van der Waals surface area contributed by atoms with Gasteiger partial charge in [0.2, 0.25) is 0 Å². The maximum Gasteiger partial charge on any atom is 0.104 e. The summed E-state index contributed by atoms with van der Waals surface area (Å²) < 4.78 is 5.18. The van der Waals surface area contributed by atoms with Crippen LogP contribution in [-0.2, 0) is 4.74 Å². The largest absolute Gasteiger partial charge is 0.383 e. The third kappa shape index (κ3) is 5.40. The Hall–Kier alpha value is -0.630. The van der Waals surface area contributed by atoms with Crippen LogP contribution < -0.4 is 5.32 Å². The molecule has 2 saturated carbocycles. The third-order valence-corrected chi connectivity index (χ3v) is 4.36. The monoisotopic (exact) mass is 279 g/mol. The van der Waals surface area contributed by atoms with E-state index in [-0.39, 0.29) is 5.54 Å². The number of nitrogens with zero attached hydrogens (tertiary/aromatic N) is 2. The molecule has 4 heteroatoms. The lowest BCUT2D eigenvalue weighted by atomic mass is 9.96. The van der Waals surface area contributed by atoms with Crippen LogP contribution in [0.3, 0.4) is 0 Å². The molecule has 20 heavy (non-hydrogen) atoms. The van der Waals surface area contributed by atoms with Gasteiger partial charge in [0.15, 0.2) is 0 Å². The molecule has 0 aliphatic heterocycles. The Morgan fingerprint density at radius 3 is 2.55 bits per heavy atom. The summed E-state index contributed by atoms with van der Waals surface area (Å²) in [4.78, 5) is 2.56. The molecular formula is C16H29N3O. The molecule has 114 valence electrons. The molecule has 0 amide bonds. The van der Waals surface area contributed by atoms with Crippen LogP contribution in [-0.4, -0.2) is 49.3 Å². The van der Waals surface area contributed by atoms with Crippen molar-refractivity contribution in [2.24, 2.45) is 0 Å². The Morgan fingerprint density at radius 2 is 2.00 bits per heavy atom. The second kappa shape index (κ2) is 7.40. The van der Waals surface area contributed by atoms with Gasteiger partial charge in [0.25, 0.3) is 0 Å². The zero-order chi connectivity index (χ0) is 14.4. The lowest BCUT2D eigenvalue weighted by molar-refractivity contribution is 0.141. The van der Waals surface area contributed by atoms with Crippen molar-refractivity contribution >= 4 is 0 Å². The summed E-state index contributed by atoms with van der Waals surface area (Å²) >= 11 is 0. The van der Waals surface area contributed by atoms with E-state index in [1.807, 2.05) is 0 Å². The van der Waals surface area contributed by atoms with E-state index in [1.54, 1.807) is 7.11 Å². The number of ether oxygens (including phenoxy) is 1. The van der Waals surface area contributed by atoms with Gasteiger partial charge in [-0.1, -0.05) is 0 Å². The lowest BCUT2D eigenvalue weighted by Gasteiger charge is -2.25. The van der Waals surface area contributed by atoms with Crippen molar-refractivity contribution in [2.45, 2.75) is 69.5 Å². The number of methoxy groups -OCH3 is 1. The standard InChI is InChI=1S/C16H29N3O/c1-16(13-17,18-14-5-6-14)9-3-4-10-19(11-12-20-2)15-7-8-15/h14-15,18H,3-12H2,1-2H3. The highest BCUT2D eigenvalue weighted by molar-refractivity contribution is 5.06. The maximum atomic E-state index is 9.35. The fraction of sp³-hybridized carbons (Fsp3) is 0.938. The molecule has 1 unspecified atom stereocenters. The van der Waals surface area contributed by atoms with Gasteiger partial charge in [-0.2, -0.15) is 5.26 Å². The van der Waals surface area contributed by atoms with Crippen molar-refractivity contribution in [3.05, 3.63) is 0 Å². The molecule has 2 aliphatic rings. The fourth-order valence-electron chi connectivity index (χ4n) is 2.76. The minimum Gasteiger partial charge on any atom is -0.383 e. The van der Waals surface area contributed by atoms with Gasteiger partial charge in [-0.05, 0) is 58.4 Å². The molecular weight excluding hydrogens is 250 g/mol. The van der Waals surface area contributed by atoms with Crippen LogP contribution in [0.4, 0.5) is 0 Å². The first-order valence-corrected chi connectivity index (χ1v) is 8.09. The predicted octanol–water partition coefficient (Wildman–Crippen LogP) is 2.30. The molecule has 0 radical (unpaired) electrons. The summed E-state index contributed by atoms with van der Waals surface area (Å²) in [5, 5.41) is 12.8. The molecule has 0 saturated heterocycles. The van der Waals surface area contributed by atoms with E-state index in [4.69, 9.17) is 4.74 Å². The molecule has 4 nitrogen and oxygen atoms in total. The van der Waals surface area contributed by atoms with Gasteiger partial charge in [0.1, 0.15) is 5.54 Å². The zero-order valence-corrected chi connectivity index (χ0v) is 13.0. The maximum absolute atomic E-state index is 9.35. The number of nitrogens with one attached hydrogen (secondary N) is 1. The fourth-order valence-corrected chi connectivity index (χ4v) is 2.76. The highest BCUT2D eigenvalue weighted by Crippen LogP contribution is 2.28. The van der Waals surface area contributed by atoms with Crippen LogP contribution >= 0.6 is 0 Å². The molecule has 2 fully saturated rings. The van der Waals surface area contributed by atoms with Crippen molar-refractivity contribution in [1.82, 2.24) is 10.2 Å². The van der Waals surface area contributed by atoms with Crippen LogP contribution in [0.25, 0.3) is 0 Å². The lowest BCUT2D eigenvalue weighted by Crippen LogP contribution is -2.42. The van der Waals surface area contributed by atoms with Crippen LogP contribution in [0.15, 0.2) is 0 Å². The molecule has 1 N–H and O–H groups in total. The summed E-state index contributed by atoms with van der Waals surface area (Å²) in [7, 11) is 1.77. The normalized spacial score (nSPS) is 21.7. The Balaban J connectivity index is 1.62. The summed E-state index contributed by atoms with van der Waals surface area (Å²) in [6, 6.07) is 3.87. The van der Waals surface area contributed by atoms with Gasteiger partial charge >= 0.3 is 0 Å². The number of nitriles is 1. The van der Waals surface area contributed by atoms with Crippen molar-refractivity contribution in [1.29, 1.82) is 5.26 Å². The Labute approximate surface area is 123 Å². The van der Waals surface area contributed by atoms with Gasteiger partial charge in [-0.25, -0.2) is 0 Å². The number of hydrogen-bond acceptors (Lipinski definition) is 4. The molecule has 0 heterocycles. The van der Waals surface area contributed by atoms with E-state index in [2.05, 4.69) is 23.2 Å². The molecule has 1 atom stereocenters.